The van der Waals surface area contributed by atoms with E-state index in [0.717, 1.165) is 0 Å². The molecule has 0 aromatic carbocycles. The summed E-state index contributed by atoms with van der Waals surface area (Å²) in [6, 6.07) is 0. The number of thioether (sulfide) groups is 1. The van der Waals surface area contributed by atoms with Crippen LogP contribution in [-0.2, 0) is 15.0 Å². The van der Waals surface area contributed by atoms with Crippen molar-refractivity contribution in [2.75, 3.05) is 13.2 Å². The highest BCUT2D eigenvalue weighted by molar-refractivity contribution is 8.14. The lowest BCUT2D eigenvalue weighted by Crippen LogP contribution is -2.57. The molecule has 11 nitrogen and oxygen atoms in total. The first-order valence-corrected chi connectivity index (χ1v) is 8.79. The van der Waals surface area contributed by atoms with Crippen LogP contribution in [0.15, 0.2) is 0 Å². The van der Waals surface area contributed by atoms with Crippen LogP contribution < -0.4 is 0 Å². The van der Waals surface area contributed by atoms with E-state index in [0.29, 0.717) is 11.8 Å². The molecule has 0 amide bonds. The van der Waals surface area contributed by atoms with E-state index in [1.165, 1.54) is 0 Å². The van der Waals surface area contributed by atoms with Crippen LogP contribution in [0.4, 0.5) is 0 Å². The van der Waals surface area contributed by atoms with Gasteiger partial charge in [-0.1, -0.05) is 4.14 Å². The maximum absolute atomic E-state index is 11.6. The second kappa shape index (κ2) is 8.55. The third kappa shape index (κ3) is 5.23. The van der Waals surface area contributed by atoms with E-state index in [2.05, 4.69) is 0 Å². The molecule has 1 aliphatic rings. The van der Waals surface area contributed by atoms with Gasteiger partial charge in [-0.2, -0.15) is 0 Å². The van der Waals surface area contributed by atoms with Gasteiger partial charge in [0.25, 0.3) is 0 Å². The van der Waals surface area contributed by atoms with E-state index in [-0.39, 0.29) is 19.4 Å². The normalized spacial score (nSPS) is 33.4. The van der Waals surface area contributed by atoms with Crippen LogP contribution in [-0.4, -0.2) is 90.8 Å². The van der Waals surface area contributed by atoms with Gasteiger partial charge in [0.15, 0.2) is 0 Å². The second-order valence-electron chi connectivity index (χ2n) is 4.74. The number of nitrogens with zero attached hydrogens (tertiary/aromatic N) is 1. The summed E-state index contributed by atoms with van der Waals surface area (Å²) in [6.07, 6.45) is -6.46. The van der Waals surface area contributed by atoms with Gasteiger partial charge in [0, 0.05) is 13.0 Å². The van der Waals surface area contributed by atoms with E-state index in [9.17, 15) is 28.9 Å². The molecule has 0 radical (unpaired) electrons. The van der Waals surface area contributed by atoms with Crippen LogP contribution in [0.2, 0.25) is 0 Å². The zero-order chi connectivity index (χ0) is 17.8. The Balaban J connectivity index is 3.03. The van der Waals surface area contributed by atoms with Gasteiger partial charge in [-0.25, -0.2) is 4.55 Å². The van der Waals surface area contributed by atoms with Crippen molar-refractivity contribution in [2.24, 2.45) is 0 Å². The molecule has 23 heavy (non-hydrogen) atoms. The molecule has 1 saturated heterocycles. The SMILES string of the molecule is O=S(=O)(O)/[N+]([O-])=C(/CCCO)S[C@@H]1O[C@H](CO)[C@@H](O)[C@H](O)[C@H]1O. The van der Waals surface area contributed by atoms with E-state index in [4.69, 9.17) is 19.5 Å². The Kier molecular flexibility index (Phi) is 7.63. The maximum atomic E-state index is 11.6. The number of ether oxygens (including phenoxy) is 1. The minimum Gasteiger partial charge on any atom is -0.605 e. The van der Waals surface area contributed by atoms with Crippen LogP contribution in [0.3, 0.4) is 0 Å². The molecule has 5 atom stereocenters. The summed E-state index contributed by atoms with van der Waals surface area (Å²) in [6.45, 7) is -1.05. The van der Waals surface area contributed by atoms with Crippen LogP contribution >= 0.6 is 11.8 Å². The molecule has 136 valence electrons. The van der Waals surface area contributed by atoms with Gasteiger partial charge in [0.2, 0.25) is 5.04 Å². The van der Waals surface area contributed by atoms with Gasteiger partial charge in [0.05, 0.1) is 6.61 Å². The lowest BCUT2D eigenvalue weighted by molar-refractivity contribution is -0.290. The highest BCUT2D eigenvalue weighted by Crippen LogP contribution is 2.30. The lowest BCUT2D eigenvalue weighted by atomic mass is 10.0. The standard InChI is InChI=1S/C10H19NO10S2/c12-3-1-2-6(11(17)23(18,19)20)22-10-9(16)8(15)7(14)5(4-13)21-10/h5,7-10,12-16H,1-4H2,(H,18,19,20)/b11-6-/t5-,7-,8+,9-,10+/m1/s1. The van der Waals surface area contributed by atoms with Gasteiger partial charge >= 0.3 is 10.3 Å². The molecule has 6 N–H and O–H groups in total. The van der Waals surface area contributed by atoms with Crippen molar-refractivity contribution in [1.29, 1.82) is 0 Å². The molecule has 13 heteroatoms. The minimum absolute atomic E-state index is 0.00594. The molecule has 0 aromatic heterocycles. The molecule has 1 aliphatic heterocycles. The highest BCUT2D eigenvalue weighted by Gasteiger charge is 2.45. The largest absolute Gasteiger partial charge is 0.605 e. The number of hydrogen-bond donors (Lipinski definition) is 6. The topological polar surface area (TPSA) is 191 Å². The van der Waals surface area contributed by atoms with Crippen molar-refractivity contribution in [3.8, 4) is 0 Å². The first-order chi connectivity index (χ1) is 10.6. The molecule has 0 aliphatic carbocycles. The van der Waals surface area contributed by atoms with Crippen LogP contribution in [0.5, 0.6) is 0 Å². The third-order valence-electron chi connectivity index (χ3n) is 3.06. The summed E-state index contributed by atoms with van der Waals surface area (Å²) in [5.74, 6) is 0. The molecular formula is C10H19NO10S2. The summed E-state index contributed by atoms with van der Waals surface area (Å²) in [5.41, 5.74) is -1.38. The minimum atomic E-state index is -5.10. The van der Waals surface area contributed by atoms with Gasteiger partial charge in [-0.15, -0.1) is 8.42 Å². The lowest BCUT2D eigenvalue weighted by Gasteiger charge is -2.39. The summed E-state index contributed by atoms with van der Waals surface area (Å²) in [7, 11) is -5.10. The van der Waals surface area contributed by atoms with Crippen molar-refractivity contribution < 1.29 is 47.4 Å². The molecule has 1 rings (SSSR count). The van der Waals surface area contributed by atoms with E-state index in [1.54, 1.807) is 0 Å². The zero-order valence-electron chi connectivity index (χ0n) is 11.8. The molecule has 0 aromatic rings. The van der Waals surface area contributed by atoms with Crippen molar-refractivity contribution in [2.45, 2.75) is 42.7 Å². The molecular weight excluding hydrogens is 358 g/mol. The predicted octanol–water partition coefficient (Wildman–Crippen LogP) is -3.00. The third-order valence-corrected chi connectivity index (χ3v) is 5.08. The maximum Gasteiger partial charge on any atom is 0.518 e. The number of rotatable bonds is 6. The predicted molar refractivity (Wildman–Crippen MR) is 77.9 cm³/mol. The Hall–Kier alpha value is -0.510. The first-order valence-electron chi connectivity index (χ1n) is 6.52. The van der Waals surface area contributed by atoms with Crippen LogP contribution in [0, 0.1) is 5.21 Å². The number of hydrogen-bond acceptors (Lipinski definition) is 10. The monoisotopic (exact) mass is 377 g/mol. The average molecular weight is 377 g/mol. The Bertz CT molecular complexity index is 522. The fourth-order valence-corrected chi connectivity index (χ4v) is 3.73. The van der Waals surface area contributed by atoms with E-state index < -0.39 is 56.0 Å². The molecule has 0 saturated carbocycles. The average Bonchev–Trinajstić information content (AvgIpc) is 2.49. The first kappa shape index (κ1) is 20.5. The molecule has 1 heterocycles. The quantitative estimate of drug-likeness (QED) is 0.0690. The number of aliphatic hydroxyl groups excluding tert-OH is 5. The smallest absolute Gasteiger partial charge is 0.518 e. The molecule has 0 bridgehead atoms. The van der Waals surface area contributed by atoms with Gasteiger partial charge in [0.1, 0.15) is 29.9 Å². The second-order valence-corrected chi connectivity index (χ2v) is 7.14. The van der Waals surface area contributed by atoms with Crippen LogP contribution in [0.25, 0.3) is 0 Å². The van der Waals surface area contributed by atoms with E-state index >= 15 is 0 Å². The Morgan fingerprint density at radius 1 is 1.17 bits per heavy atom. The summed E-state index contributed by atoms with van der Waals surface area (Å²) >= 11 is 0.399. The van der Waals surface area contributed by atoms with Gasteiger partial charge in [-0.3, -0.25) is 0 Å². The van der Waals surface area contributed by atoms with Crippen molar-refractivity contribution in [3.05, 3.63) is 5.21 Å². The van der Waals surface area contributed by atoms with Gasteiger partial charge < -0.3 is 35.5 Å². The fourth-order valence-electron chi connectivity index (χ4n) is 1.85. The molecule has 0 spiro atoms. The van der Waals surface area contributed by atoms with Crippen molar-refractivity contribution in [1.82, 2.24) is 0 Å². The van der Waals surface area contributed by atoms with Crippen molar-refractivity contribution >= 4 is 27.1 Å². The van der Waals surface area contributed by atoms with E-state index in [1.807, 2.05) is 0 Å². The fraction of sp³-hybridized carbons (Fsp3) is 0.900. The highest BCUT2D eigenvalue weighted by atomic mass is 32.2. The summed E-state index contributed by atoms with van der Waals surface area (Å²) in [4.78, 5) is 0. The molecule has 0 unspecified atom stereocenters. The Labute approximate surface area is 136 Å². The van der Waals surface area contributed by atoms with Crippen LogP contribution in [0.1, 0.15) is 12.8 Å². The Morgan fingerprint density at radius 3 is 2.26 bits per heavy atom. The summed E-state index contributed by atoms with van der Waals surface area (Å²) in [5, 5.41) is 58.1. The number of aliphatic hydroxyl groups is 5. The zero-order valence-corrected chi connectivity index (χ0v) is 13.4. The Morgan fingerprint density at radius 2 is 1.78 bits per heavy atom. The van der Waals surface area contributed by atoms with Crippen molar-refractivity contribution in [3.63, 3.8) is 0 Å². The van der Waals surface area contributed by atoms with Gasteiger partial charge in [-0.05, 0) is 18.2 Å². The summed E-state index contributed by atoms with van der Waals surface area (Å²) < 4.78 is 35.1. The molecule has 1 fully saturated rings.